The van der Waals surface area contributed by atoms with Crippen LogP contribution in [0.4, 0.5) is 0 Å². The van der Waals surface area contributed by atoms with Crippen LogP contribution in [-0.4, -0.2) is 27.1 Å². The summed E-state index contributed by atoms with van der Waals surface area (Å²) in [7, 11) is -1.48. The van der Waals surface area contributed by atoms with Gasteiger partial charge in [0, 0.05) is 27.6 Å². The maximum absolute atomic E-state index is 8.97. The Balaban J connectivity index is 0.000000152. The Bertz CT molecular complexity index is 1080. The summed E-state index contributed by atoms with van der Waals surface area (Å²) in [5.41, 5.74) is 0.410. The Hall–Kier alpha value is -1.70. The minimum Gasteiger partial charge on any atom is -0.423 e. The van der Waals surface area contributed by atoms with Gasteiger partial charge in [-0.1, -0.05) is 63.4 Å². The molecule has 0 unspecified atom stereocenters. The zero-order chi connectivity index (χ0) is 18.7. The van der Waals surface area contributed by atoms with Crippen molar-refractivity contribution in [1.82, 2.24) is 9.97 Å². The Morgan fingerprint density at radius 3 is 1.88 bits per heavy atom. The third-order valence-electron chi connectivity index (χ3n) is 3.72. The molecular weight excluding hydrogens is 438 g/mol. The van der Waals surface area contributed by atoms with E-state index in [-0.39, 0.29) is 0 Å². The molecular formula is C18H12BBrCl2N2O2. The third-order valence-corrected chi connectivity index (χ3v) is 4.81. The van der Waals surface area contributed by atoms with Crippen molar-refractivity contribution in [2.24, 2.45) is 0 Å². The van der Waals surface area contributed by atoms with Crippen LogP contribution in [0.3, 0.4) is 0 Å². The summed E-state index contributed by atoms with van der Waals surface area (Å²) in [5.74, 6) is 0. The van der Waals surface area contributed by atoms with Crippen molar-refractivity contribution in [3.63, 3.8) is 0 Å². The highest BCUT2D eigenvalue weighted by Crippen LogP contribution is 2.24. The van der Waals surface area contributed by atoms with Crippen molar-refractivity contribution < 1.29 is 10.0 Å². The van der Waals surface area contributed by atoms with Gasteiger partial charge in [0.2, 0.25) is 0 Å². The largest absolute Gasteiger partial charge is 0.488 e. The predicted molar refractivity (Wildman–Crippen MR) is 111 cm³/mol. The maximum Gasteiger partial charge on any atom is 0.488 e. The van der Waals surface area contributed by atoms with Crippen LogP contribution in [-0.2, 0) is 0 Å². The smallest absolute Gasteiger partial charge is 0.423 e. The van der Waals surface area contributed by atoms with Gasteiger partial charge >= 0.3 is 7.12 Å². The molecule has 0 spiro atoms. The number of hydrogen-bond donors (Lipinski definition) is 2. The summed E-state index contributed by atoms with van der Waals surface area (Å²) >= 11 is 15.1. The van der Waals surface area contributed by atoms with Crippen molar-refractivity contribution in [3.05, 3.63) is 75.7 Å². The predicted octanol–water partition coefficient (Wildman–Crippen LogP) is 4.22. The number of hydrogen-bond acceptors (Lipinski definition) is 4. The molecule has 4 rings (SSSR count). The molecule has 0 saturated carbocycles. The molecule has 26 heavy (non-hydrogen) atoms. The average molecular weight is 450 g/mol. The fraction of sp³-hybridized carbons (Fsp3) is 0. The van der Waals surface area contributed by atoms with E-state index in [1.165, 1.54) is 0 Å². The normalized spacial score (nSPS) is 10.5. The molecule has 2 aromatic heterocycles. The van der Waals surface area contributed by atoms with Crippen LogP contribution in [0.2, 0.25) is 10.3 Å². The molecule has 2 heterocycles. The Morgan fingerprint density at radius 1 is 0.769 bits per heavy atom. The van der Waals surface area contributed by atoms with E-state index in [1.54, 1.807) is 30.6 Å². The van der Waals surface area contributed by atoms with Gasteiger partial charge in [0.15, 0.2) is 0 Å². The number of rotatable bonds is 1. The molecule has 4 aromatic rings. The molecule has 8 heteroatoms. The summed E-state index contributed by atoms with van der Waals surface area (Å²) < 4.78 is 1.02. The third kappa shape index (κ3) is 4.34. The van der Waals surface area contributed by atoms with Crippen LogP contribution < -0.4 is 5.46 Å². The van der Waals surface area contributed by atoms with E-state index < -0.39 is 7.12 Å². The molecule has 0 amide bonds. The van der Waals surface area contributed by atoms with Crippen molar-refractivity contribution in [3.8, 4) is 0 Å². The van der Waals surface area contributed by atoms with Crippen molar-refractivity contribution in [2.45, 2.75) is 0 Å². The van der Waals surface area contributed by atoms with Gasteiger partial charge in [-0.05, 0) is 40.5 Å². The summed E-state index contributed by atoms with van der Waals surface area (Å²) in [5, 5.41) is 22.6. The number of nitrogens with zero attached hydrogens (tertiary/aromatic N) is 2. The minimum atomic E-state index is -1.48. The van der Waals surface area contributed by atoms with Crippen molar-refractivity contribution in [2.75, 3.05) is 0 Å². The fourth-order valence-corrected chi connectivity index (χ4v) is 3.22. The first kappa shape index (κ1) is 19.1. The van der Waals surface area contributed by atoms with E-state index in [0.717, 1.165) is 26.0 Å². The zero-order valence-corrected chi connectivity index (χ0v) is 16.4. The second-order valence-corrected chi connectivity index (χ2v) is 7.05. The highest BCUT2D eigenvalue weighted by atomic mass is 79.9. The van der Waals surface area contributed by atoms with Gasteiger partial charge in [0.05, 0.1) is 0 Å². The maximum atomic E-state index is 8.97. The highest BCUT2D eigenvalue weighted by molar-refractivity contribution is 9.10. The van der Waals surface area contributed by atoms with Gasteiger partial charge in [-0.2, -0.15) is 0 Å². The first-order valence-electron chi connectivity index (χ1n) is 7.56. The summed E-state index contributed by atoms with van der Waals surface area (Å²) in [6.07, 6.45) is 3.32. The molecule has 0 aliphatic heterocycles. The second-order valence-electron chi connectivity index (χ2n) is 5.42. The lowest BCUT2D eigenvalue weighted by Crippen LogP contribution is -2.29. The molecule has 0 aliphatic rings. The van der Waals surface area contributed by atoms with E-state index in [0.29, 0.717) is 15.8 Å². The summed E-state index contributed by atoms with van der Waals surface area (Å²) in [4.78, 5) is 7.90. The number of halogens is 3. The molecule has 0 bridgehead atoms. The fourth-order valence-electron chi connectivity index (χ4n) is 2.42. The zero-order valence-electron chi connectivity index (χ0n) is 13.3. The first-order valence-corrected chi connectivity index (χ1v) is 9.10. The standard InChI is InChI=1S/C9H7BClNO2.C9H5BrClN/c11-9-8-5-7(10(13)14)2-1-6(8)3-4-12-9;10-7-2-1-6-3-4-12-9(11)8(6)5-7/h1-5,13-14H;1-5H. The van der Waals surface area contributed by atoms with E-state index in [9.17, 15) is 0 Å². The van der Waals surface area contributed by atoms with E-state index in [2.05, 4.69) is 25.9 Å². The van der Waals surface area contributed by atoms with Crippen molar-refractivity contribution in [1.29, 1.82) is 0 Å². The lowest BCUT2D eigenvalue weighted by atomic mass is 9.79. The molecule has 0 saturated heterocycles. The van der Waals surface area contributed by atoms with Crippen LogP contribution in [0.15, 0.2) is 65.4 Å². The first-order chi connectivity index (χ1) is 12.5. The molecule has 0 atom stereocenters. The Kier molecular flexibility index (Phi) is 6.11. The quantitative estimate of drug-likeness (QED) is 0.337. The van der Waals surface area contributed by atoms with Crippen molar-refractivity contribution >= 4 is 73.3 Å². The monoisotopic (exact) mass is 448 g/mol. The molecule has 2 aromatic carbocycles. The lowest BCUT2D eigenvalue weighted by Gasteiger charge is -2.02. The highest BCUT2D eigenvalue weighted by Gasteiger charge is 2.11. The summed E-state index contributed by atoms with van der Waals surface area (Å²) in [6, 6.07) is 14.7. The van der Waals surface area contributed by atoms with Gasteiger partial charge in [0.1, 0.15) is 10.3 Å². The summed E-state index contributed by atoms with van der Waals surface area (Å²) in [6.45, 7) is 0. The van der Waals surface area contributed by atoms with Crippen LogP contribution in [0, 0.1) is 0 Å². The van der Waals surface area contributed by atoms with Gasteiger partial charge in [0.25, 0.3) is 0 Å². The second kappa shape index (κ2) is 8.33. The molecule has 4 nitrogen and oxygen atoms in total. The van der Waals surface area contributed by atoms with E-state index >= 15 is 0 Å². The molecule has 0 aliphatic carbocycles. The van der Waals surface area contributed by atoms with E-state index in [1.807, 2.05) is 30.3 Å². The molecule has 2 N–H and O–H groups in total. The van der Waals surface area contributed by atoms with Crippen LogP contribution in [0.25, 0.3) is 21.5 Å². The van der Waals surface area contributed by atoms with Crippen LogP contribution in [0.1, 0.15) is 0 Å². The number of pyridine rings is 2. The SMILES string of the molecule is Clc1nccc2ccc(Br)cc12.OB(O)c1ccc2ccnc(Cl)c2c1. The molecule has 0 fully saturated rings. The molecule has 130 valence electrons. The number of aromatic nitrogens is 2. The average Bonchev–Trinajstić information content (AvgIpc) is 2.63. The number of fused-ring (bicyclic) bond motifs is 2. The minimum absolute atomic E-state index is 0.366. The Labute approximate surface area is 168 Å². The van der Waals surface area contributed by atoms with Crippen LogP contribution >= 0.6 is 39.1 Å². The van der Waals surface area contributed by atoms with Gasteiger partial charge < -0.3 is 10.0 Å². The van der Waals surface area contributed by atoms with Gasteiger partial charge in [-0.15, -0.1) is 0 Å². The molecule has 0 radical (unpaired) electrons. The topological polar surface area (TPSA) is 66.2 Å². The van der Waals surface area contributed by atoms with Gasteiger partial charge in [-0.3, -0.25) is 0 Å². The lowest BCUT2D eigenvalue weighted by molar-refractivity contribution is 0.426. The van der Waals surface area contributed by atoms with Gasteiger partial charge in [-0.25, -0.2) is 9.97 Å². The number of benzene rings is 2. The van der Waals surface area contributed by atoms with Crippen LogP contribution in [0.5, 0.6) is 0 Å². The van der Waals surface area contributed by atoms with E-state index in [4.69, 9.17) is 33.2 Å². The Morgan fingerprint density at radius 2 is 1.31 bits per heavy atom.